The highest BCUT2D eigenvalue weighted by Gasteiger charge is 2.33. The second kappa shape index (κ2) is 10.1. The first-order valence-electron chi connectivity index (χ1n) is 9.61. The van der Waals surface area contributed by atoms with E-state index in [-0.39, 0.29) is 13.0 Å². The van der Waals surface area contributed by atoms with E-state index in [1.54, 1.807) is 14.0 Å². The van der Waals surface area contributed by atoms with Crippen molar-refractivity contribution in [2.24, 2.45) is 5.92 Å². The Morgan fingerprint density at radius 1 is 1.03 bits per heavy atom. The van der Waals surface area contributed by atoms with Crippen molar-refractivity contribution in [3.63, 3.8) is 0 Å². The molecule has 0 unspecified atom stereocenters. The Bertz CT molecular complexity index is 853. The van der Waals surface area contributed by atoms with E-state index >= 15 is 0 Å². The number of esters is 3. The zero-order chi connectivity index (χ0) is 22.4. The molecule has 0 N–H and O–H groups in total. The molecule has 1 aromatic carbocycles. The Morgan fingerprint density at radius 2 is 1.63 bits per heavy atom. The average Bonchev–Trinajstić information content (AvgIpc) is 3.14. The Kier molecular flexibility index (Phi) is 7.86. The first kappa shape index (κ1) is 23.3. The highest BCUT2D eigenvalue weighted by Crippen LogP contribution is 2.43. The minimum Gasteiger partial charge on any atom is -0.496 e. The number of cyclic esters (lactones) is 1. The summed E-state index contributed by atoms with van der Waals surface area (Å²) in [5, 5.41) is 0. The normalized spacial score (nSPS) is 13.0. The van der Waals surface area contributed by atoms with Crippen LogP contribution in [0, 0.1) is 5.92 Å². The molecule has 0 amide bonds. The molecule has 0 radical (unpaired) electrons. The second-order valence-electron chi connectivity index (χ2n) is 6.86. The standard InChI is InChI=1S/C22H28O8/c1-7-13-16-11-30-22(25)17(16)19(27-4)14(18(13)26-3)9-8-12(2)10-15(20(23)28-5)21(24)29-6/h8,15H,7,9-11H2,1-6H3/b12-8+. The molecule has 8 nitrogen and oxygen atoms in total. The number of carbonyl (C=O) groups is 3. The van der Waals surface area contributed by atoms with E-state index in [0.717, 1.165) is 16.7 Å². The Labute approximate surface area is 176 Å². The molecule has 0 spiro atoms. The quantitative estimate of drug-likeness (QED) is 0.260. The van der Waals surface area contributed by atoms with Crippen LogP contribution in [0.1, 0.15) is 47.3 Å². The van der Waals surface area contributed by atoms with Crippen molar-refractivity contribution in [1.82, 2.24) is 0 Å². The van der Waals surface area contributed by atoms with Crippen LogP contribution in [0.25, 0.3) is 0 Å². The number of fused-ring (bicyclic) bond motifs is 1. The van der Waals surface area contributed by atoms with Crippen LogP contribution in [0.3, 0.4) is 0 Å². The highest BCUT2D eigenvalue weighted by atomic mass is 16.5. The van der Waals surface area contributed by atoms with Crippen LogP contribution in [-0.2, 0) is 43.2 Å². The second-order valence-corrected chi connectivity index (χ2v) is 6.86. The van der Waals surface area contributed by atoms with Gasteiger partial charge in [-0.1, -0.05) is 18.6 Å². The van der Waals surface area contributed by atoms with Gasteiger partial charge in [0.25, 0.3) is 0 Å². The van der Waals surface area contributed by atoms with E-state index in [4.69, 9.17) is 23.7 Å². The summed E-state index contributed by atoms with van der Waals surface area (Å²) in [7, 11) is 5.52. The van der Waals surface area contributed by atoms with Gasteiger partial charge in [0.05, 0.1) is 28.4 Å². The lowest BCUT2D eigenvalue weighted by Crippen LogP contribution is -2.26. The van der Waals surface area contributed by atoms with Crippen molar-refractivity contribution in [3.05, 3.63) is 33.9 Å². The molecule has 8 heteroatoms. The van der Waals surface area contributed by atoms with Gasteiger partial charge in [0, 0.05) is 16.7 Å². The minimum absolute atomic E-state index is 0.150. The van der Waals surface area contributed by atoms with Crippen LogP contribution in [0.4, 0.5) is 0 Å². The maximum Gasteiger partial charge on any atom is 0.342 e. The number of hydrogen-bond donors (Lipinski definition) is 0. The summed E-state index contributed by atoms with van der Waals surface area (Å²) in [6.45, 7) is 3.98. The third kappa shape index (κ3) is 4.42. The van der Waals surface area contributed by atoms with Gasteiger partial charge in [0.15, 0.2) is 5.92 Å². The summed E-state index contributed by atoms with van der Waals surface area (Å²) in [6, 6.07) is 0. The molecule has 1 aliphatic heterocycles. The summed E-state index contributed by atoms with van der Waals surface area (Å²) in [5.74, 6) is -1.70. The smallest absolute Gasteiger partial charge is 0.342 e. The van der Waals surface area contributed by atoms with Gasteiger partial charge in [-0.2, -0.15) is 0 Å². The molecule has 1 heterocycles. The molecule has 2 rings (SSSR count). The zero-order valence-corrected chi connectivity index (χ0v) is 18.2. The number of hydrogen-bond acceptors (Lipinski definition) is 8. The van der Waals surface area contributed by atoms with Crippen LogP contribution in [-0.4, -0.2) is 46.3 Å². The SMILES string of the molecule is CCc1c2c(c(OC)c(C/C=C(\C)CC(C(=O)OC)C(=O)OC)c1OC)C(=O)OC2. The van der Waals surface area contributed by atoms with Crippen molar-refractivity contribution in [3.8, 4) is 11.5 Å². The maximum absolute atomic E-state index is 12.3. The topological polar surface area (TPSA) is 97.4 Å². The molecule has 30 heavy (non-hydrogen) atoms. The van der Waals surface area contributed by atoms with E-state index in [2.05, 4.69) is 0 Å². The van der Waals surface area contributed by atoms with E-state index in [0.29, 0.717) is 35.5 Å². The van der Waals surface area contributed by atoms with E-state index < -0.39 is 23.8 Å². The lowest BCUT2D eigenvalue weighted by Gasteiger charge is -2.19. The predicted molar refractivity (Wildman–Crippen MR) is 108 cm³/mol. The molecule has 1 aliphatic rings. The van der Waals surface area contributed by atoms with Crippen LogP contribution < -0.4 is 9.47 Å². The van der Waals surface area contributed by atoms with Crippen LogP contribution >= 0.6 is 0 Å². The summed E-state index contributed by atoms with van der Waals surface area (Å²) in [5.41, 5.74) is 3.61. The molecule has 0 aromatic heterocycles. The molecule has 0 fully saturated rings. The third-order valence-electron chi connectivity index (χ3n) is 5.18. The number of methoxy groups -OCH3 is 4. The molecule has 0 atom stereocenters. The number of benzene rings is 1. The Balaban J connectivity index is 2.44. The highest BCUT2D eigenvalue weighted by molar-refractivity contribution is 5.98. The van der Waals surface area contributed by atoms with Crippen molar-refractivity contribution in [2.75, 3.05) is 28.4 Å². The Morgan fingerprint density at radius 3 is 2.13 bits per heavy atom. The van der Waals surface area contributed by atoms with Crippen molar-refractivity contribution < 1.29 is 38.1 Å². The summed E-state index contributed by atoms with van der Waals surface area (Å²) in [4.78, 5) is 36.2. The van der Waals surface area contributed by atoms with Gasteiger partial charge in [-0.25, -0.2) is 4.79 Å². The largest absolute Gasteiger partial charge is 0.496 e. The number of allylic oxidation sites excluding steroid dienone is 2. The molecule has 0 saturated heterocycles. The monoisotopic (exact) mass is 420 g/mol. The molecule has 164 valence electrons. The van der Waals surface area contributed by atoms with Crippen LogP contribution in [0.15, 0.2) is 11.6 Å². The van der Waals surface area contributed by atoms with Gasteiger partial charge in [-0.15, -0.1) is 0 Å². The maximum atomic E-state index is 12.3. The van der Waals surface area contributed by atoms with Gasteiger partial charge in [0.2, 0.25) is 0 Å². The Hall–Kier alpha value is -3.03. The molecule has 0 aliphatic carbocycles. The van der Waals surface area contributed by atoms with Crippen LogP contribution in [0.2, 0.25) is 0 Å². The van der Waals surface area contributed by atoms with E-state index in [9.17, 15) is 14.4 Å². The predicted octanol–water partition coefficient (Wildman–Crippen LogP) is 2.78. The fraction of sp³-hybridized carbons (Fsp3) is 0.500. The first-order valence-corrected chi connectivity index (χ1v) is 9.61. The van der Waals surface area contributed by atoms with Crippen LogP contribution in [0.5, 0.6) is 11.5 Å². The summed E-state index contributed by atoms with van der Waals surface area (Å²) in [6.07, 6.45) is 3.05. The van der Waals surface area contributed by atoms with Crippen molar-refractivity contribution in [1.29, 1.82) is 0 Å². The van der Waals surface area contributed by atoms with E-state index in [1.807, 2.05) is 13.0 Å². The lowest BCUT2D eigenvalue weighted by atomic mass is 9.92. The van der Waals surface area contributed by atoms with Gasteiger partial charge in [0.1, 0.15) is 23.7 Å². The fourth-order valence-corrected chi connectivity index (χ4v) is 3.71. The molecular formula is C22H28O8. The zero-order valence-electron chi connectivity index (χ0n) is 18.2. The number of ether oxygens (including phenoxy) is 5. The average molecular weight is 420 g/mol. The molecular weight excluding hydrogens is 392 g/mol. The molecule has 0 saturated carbocycles. The van der Waals surface area contributed by atoms with Gasteiger partial charge in [-0.05, 0) is 26.2 Å². The van der Waals surface area contributed by atoms with Crippen molar-refractivity contribution in [2.45, 2.75) is 39.7 Å². The molecule has 1 aromatic rings. The lowest BCUT2D eigenvalue weighted by molar-refractivity contribution is -0.158. The van der Waals surface area contributed by atoms with Gasteiger partial charge < -0.3 is 23.7 Å². The third-order valence-corrected chi connectivity index (χ3v) is 5.18. The summed E-state index contributed by atoms with van der Waals surface area (Å²) < 4.78 is 25.9. The summed E-state index contributed by atoms with van der Waals surface area (Å²) >= 11 is 0. The van der Waals surface area contributed by atoms with Gasteiger partial charge >= 0.3 is 17.9 Å². The first-order chi connectivity index (χ1) is 14.3. The van der Waals surface area contributed by atoms with Gasteiger partial charge in [-0.3, -0.25) is 9.59 Å². The number of rotatable bonds is 9. The number of carbonyl (C=O) groups excluding carboxylic acids is 3. The fourth-order valence-electron chi connectivity index (χ4n) is 3.71. The van der Waals surface area contributed by atoms with Crippen molar-refractivity contribution >= 4 is 17.9 Å². The minimum atomic E-state index is -1.04. The van der Waals surface area contributed by atoms with E-state index in [1.165, 1.54) is 21.3 Å². The molecule has 0 bridgehead atoms.